The fraction of sp³-hybridized carbons (Fsp3) is 0.273. The van der Waals surface area contributed by atoms with Gasteiger partial charge in [0, 0.05) is 12.7 Å². The van der Waals surface area contributed by atoms with E-state index in [9.17, 15) is 0 Å². The van der Waals surface area contributed by atoms with Gasteiger partial charge in [0.25, 0.3) is 0 Å². The first-order valence-corrected chi connectivity index (χ1v) is 5.44. The second-order valence-corrected chi connectivity index (χ2v) is 3.75. The smallest absolute Gasteiger partial charge is 0.147 e. The fourth-order valence-corrected chi connectivity index (χ4v) is 1.48. The van der Waals surface area contributed by atoms with Gasteiger partial charge in [-0.25, -0.2) is 9.97 Å². The van der Waals surface area contributed by atoms with E-state index in [2.05, 4.69) is 20.4 Å². The normalized spacial score (nSPS) is 10.0. The minimum atomic E-state index is 0.431. The SMILES string of the molecule is Cc1ncc(C#N)c(NCCn2cc(N)cn2)n1. The van der Waals surface area contributed by atoms with Gasteiger partial charge in [0.1, 0.15) is 23.3 Å². The van der Waals surface area contributed by atoms with Crippen LogP contribution in [-0.2, 0) is 6.54 Å². The molecule has 7 nitrogen and oxygen atoms in total. The van der Waals surface area contributed by atoms with Crippen molar-refractivity contribution in [2.45, 2.75) is 13.5 Å². The molecular weight excluding hydrogens is 230 g/mol. The summed E-state index contributed by atoms with van der Waals surface area (Å²) in [6.45, 7) is 3.03. The summed E-state index contributed by atoms with van der Waals surface area (Å²) in [5.74, 6) is 1.17. The quantitative estimate of drug-likeness (QED) is 0.812. The topological polar surface area (TPSA) is 105 Å². The number of anilines is 2. The van der Waals surface area contributed by atoms with Crippen LogP contribution in [0.2, 0.25) is 0 Å². The van der Waals surface area contributed by atoms with Gasteiger partial charge in [0.15, 0.2) is 0 Å². The van der Waals surface area contributed by atoms with Gasteiger partial charge < -0.3 is 11.1 Å². The molecule has 0 fully saturated rings. The summed E-state index contributed by atoms with van der Waals surface area (Å²) >= 11 is 0. The number of hydrogen-bond donors (Lipinski definition) is 2. The maximum absolute atomic E-state index is 8.92. The Balaban J connectivity index is 1.98. The molecule has 0 spiro atoms. The molecule has 0 saturated carbocycles. The minimum absolute atomic E-state index is 0.431. The first-order chi connectivity index (χ1) is 8.69. The molecule has 0 atom stereocenters. The van der Waals surface area contributed by atoms with Crippen LogP contribution in [0, 0.1) is 18.3 Å². The number of nitrogens with zero attached hydrogens (tertiary/aromatic N) is 5. The van der Waals surface area contributed by atoms with Crippen LogP contribution in [-0.4, -0.2) is 26.3 Å². The molecule has 7 heteroatoms. The van der Waals surface area contributed by atoms with Crippen LogP contribution >= 0.6 is 0 Å². The molecule has 2 rings (SSSR count). The predicted octanol–water partition coefficient (Wildman–Crippen LogP) is 0.547. The van der Waals surface area contributed by atoms with E-state index >= 15 is 0 Å². The molecule has 0 bridgehead atoms. The summed E-state index contributed by atoms with van der Waals surface area (Å²) in [6, 6.07) is 2.05. The lowest BCUT2D eigenvalue weighted by atomic mass is 10.3. The highest BCUT2D eigenvalue weighted by Gasteiger charge is 2.04. The molecular formula is C11H13N7. The van der Waals surface area contributed by atoms with Gasteiger partial charge >= 0.3 is 0 Å². The molecule has 0 saturated heterocycles. The Bertz CT molecular complexity index is 581. The Morgan fingerprint density at radius 3 is 3.00 bits per heavy atom. The van der Waals surface area contributed by atoms with Crippen LogP contribution in [0.15, 0.2) is 18.6 Å². The van der Waals surface area contributed by atoms with E-state index in [1.807, 2.05) is 6.07 Å². The van der Waals surface area contributed by atoms with E-state index in [1.165, 1.54) is 6.20 Å². The van der Waals surface area contributed by atoms with Crippen LogP contribution in [0.5, 0.6) is 0 Å². The highest BCUT2D eigenvalue weighted by atomic mass is 15.3. The molecule has 0 unspecified atom stereocenters. The number of nitrogens with one attached hydrogen (secondary N) is 1. The van der Waals surface area contributed by atoms with Crippen LogP contribution in [0.1, 0.15) is 11.4 Å². The lowest BCUT2D eigenvalue weighted by Crippen LogP contribution is -2.13. The molecule has 0 aliphatic carbocycles. The summed E-state index contributed by atoms with van der Waals surface area (Å²) in [4.78, 5) is 8.15. The largest absolute Gasteiger partial charge is 0.396 e. The van der Waals surface area contributed by atoms with E-state index in [0.29, 0.717) is 36.0 Å². The van der Waals surface area contributed by atoms with Crippen LogP contribution < -0.4 is 11.1 Å². The second-order valence-electron chi connectivity index (χ2n) is 3.75. The summed E-state index contributed by atoms with van der Waals surface area (Å²) in [6.07, 6.45) is 4.85. The van der Waals surface area contributed by atoms with Gasteiger partial charge in [0.05, 0.1) is 24.6 Å². The van der Waals surface area contributed by atoms with Crippen molar-refractivity contribution in [2.24, 2.45) is 0 Å². The Morgan fingerprint density at radius 1 is 1.50 bits per heavy atom. The molecule has 3 N–H and O–H groups in total. The van der Waals surface area contributed by atoms with Crippen molar-refractivity contribution in [3.63, 3.8) is 0 Å². The summed E-state index contributed by atoms with van der Waals surface area (Å²) in [7, 11) is 0. The zero-order chi connectivity index (χ0) is 13.0. The first kappa shape index (κ1) is 11.9. The van der Waals surface area contributed by atoms with Crippen molar-refractivity contribution in [1.29, 1.82) is 5.26 Å². The molecule has 2 aromatic heterocycles. The minimum Gasteiger partial charge on any atom is -0.396 e. The van der Waals surface area contributed by atoms with Crippen LogP contribution in [0.4, 0.5) is 11.5 Å². The van der Waals surface area contributed by atoms with Gasteiger partial charge in [0.2, 0.25) is 0 Å². The maximum Gasteiger partial charge on any atom is 0.147 e. The molecule has 2 heterocycles. The Hall–Kier alpha value is -2.62. The molecule has 2 aromatic rings. The molecule has 92 valence electrons. The van der Waals surface area contributed by atoms with Gasteiger partial charge in [-0.05, 0) is 6.92 Å². The molecule has 0 amide bonds. The first-order valence-electron chi connectivity index (χ1n) is 5.44. The zero-order valence-electron chi connectivity index (χ0n) is 9.96. The van der Waals surface area contributed by atoms with Crippen molar-refractivity contribution >= 4 is 11.5 Å². The van der Waals surface area contributed by atoms with E-state index in [0.717, 1.165) is 0 Å². The van der Waals surface area contributed by atoms with Crippen LogP contribution in [0.25, 0.3) is 0 Å². The highest BCUT2D eigenvalue weighted by Crippen LogP contribution is 2.09. The van der Waals surface area contributed by atoms with Crippen molar-refractivity contribution in [3.8, 4) is 6.07 Å². The predicted molar refractivity (Wildman–Crippen MR) is 66.6 cm³/mol. The lowest BCUT2D eigenvalue weighted by Gasteiger charge is -2.07. The number of aryl methyl sites for hydroxylation is 1. The van der Waals surface area contributed by atoms with E-state index in [1.54, 1.807) is 24.0 Å². The average Bonchev–Trinajstić information content (AvgIpc) is 2.75. The van der Waals surface area contributed by atoms with Crippen molar-refractivity contribution in [1.82, 2.24) is 19.7 Å². The zero-order valence-corrected chi connectivity index (χ0v) is 9.96. The van der Waals surface area contributed by atoms with Crippen molar-refractivity contribution < 1.29 is 0 Å². The number of hydrogen-bond acceptors (Lipinski definition) is 6. The van der Waals surface area contributed by atoms with Gasteiger partial charge in [-0.3, -0.25) is 4.68 Å². The summed E-state index contributed by atoms with van der Waals surface area (Å²) < 4.78 is 1.72. The Labute approximate surface area is 104 Å². The molecule has 0 radical (unpaired) electrons. The van der Waals surface area contributed by atoms with E-state index in [-0.39, 0.29) is 0 Å². The van der Waals surface area contributed by atoms with Gasteiger partial charge in [-0.2, -0.15) is 10.4 Å². The molecule has 0 aliphatic rings. The Kier molecular flexibility index (Phi) is 3.38. The maximum atomic E-state index is 8.92. The third-order valence-electron chi connectivity index (χ3n) is 2.32. The number of nitrogen functional groups attached to an aromatic ring is 1. The lowest BCUT2D eigenvalue weighted by molar-refractivity contribution is 0.637. The number of aromatic nitrogens is 4. The van der Waals surface area contributed by atoms with Crippen molar-refractivity contribution in [3.05, 3.63) is 30.0 Å². The van der Waals surface area contributed by atoms with E-state index < -0.39 is 0 Å². The standard InChI is InChI=1S/C11H13N7/c1-8-15-5-9(4-12)11(17-8)14-2-3-18-7-10(13)6-16-18/h5-7H,2-3,13H2,1H3,(H,14,15,17). The number of rotatable bonds is 4. The van der Waals surface area contributed by atoms with Gasteiger partial charge in [-0.15, -0.1) is 0 Å². The Morgan fingerprint density at radius 2 is 2.33 bits per heavy atom. The summed E-state index contributed by atoms with van der Waals surface area (Å²) in [5, 5.41) is 16.1. The molecule has 18 heavy (non-hydrogen) atoms. The second kappa shape index (κ2) is 5.14. The van der Waals surface area contributed by atoms with Crippen molar-refractivity contribution in [2.75, 3.05) is 17.6 Å². The molecule has 0 aromatic carbocycles. The third kappa shape index (κ3) is 2.74. The van der Waals surface area contributed by atoms with E-state index in [4.69, 9.17) is 11.0 Å². The number of nitriles is 1. The average molecular weight is 243 g/mol. The third-order valence-corrected chi connectivity index (χ3v) is 2.32. The van der Waals surface area contributed by atoms with Crippen LogP contribution in [0.3, 0.4) is 0 Å². The van der Waals surface area contributed by atoms with Gasteiger partial charge in [-0.1, -0.05) is 0 Å². The number of nitrogens with two attached hydrogens (primary N) is 1. The summed E-state index contributed by atoms with van der Waals surface area (Å²) in [5.41, 5.74) is 6.62. The fourth-order valence-electron chi connectivity index (χ4n) is 1.48. The molecule has 0 aliphatic heterocycles. The monoisotopic (exact) mass is 243 g/mol. The highest BCUT2D eigenvalue weighted by molar-refractivity contribution is 5.50.